The van der Waals surface area contributed by atoms with E-state index in [1.807, 2.05) is 0 Å². The molecule has 2 rings (SSSR count). The summed E-state index contributed by atoms with van der Waals surface area (Å²) >= 11 is 5.73. The summed E-state index contributed by atoms with van der Waals surface area (Å²) in [6.45, 7) is 0. The van der Waals surface area contributed by atoms with Gasteiger partial charge in [0.15, 0.2) is 0 Å². The second-order valence-corrected chi connectivity index (χ2v) is 7.18. The molecule has 0 aliphatic carbocycles. The van der Waals surface area contributed by atoms with Gasteiger partial charge in [0.25, 0.3) is 0 Å². The molecule has 0 spiro atoms. The molecule has 2 aromatic rings. The fourth-order valence-electron chi connectivity index (χ4n) is 1.84. The van der Waals surface area contributed by atoms with E-state index in [0.717, 1.165) is 12.1 Å². The molecule has 25 heavy (non-hydrogen) atoms. The Hall–Kier alpha value is -2.26. The molecule has 134 valence electrons. The van der Waals surface area contributed by atoms with Gasteiger partial charge in [-0.05, 0) is 42.0 Å². The Balaban J connectivity index is 2.02. The molecule has 0 fully saturated rings. The fraction of sp³-hybridized carbons (Fsp3) is 0.133. The largest absolute Gasteiger partial charge is 0.471 e. The SMILES string of the molecule is O=C(Nc1ccc(NS(=O)(=O)Cc2ccc(Cl)cc2)cc1)C(F)(F)F. The first-order valence-electron chi connectivity index (χ1n) is 6.78. The van der Waals surface area contributed by atoms with Gasteiger partial charge in [-0.1, -0.05) is 23.7 Å². The molecule has 0 aliphatic heterocycles. The van der Waals surface area contributed by atoms with Gasteiger partial charge in [-0.2, -0.15) is 13.2 Å². The molecule has 0 bridgehead atoms. The van der Waals surface area contributed by atoms with Crippen LogP contribution in [0.15, 0.2) is 48.5 Å². The first-order valence-corrected chi connectivity index (χ1v) is 8.81. The third kappa shape index (κ3) is 5.95. The zero-order chi connectivity index (χ0) is 18.7. The van der Waals surface area contributed by atoms with Crippen molar-refractivity contribution in [3.05, 3.63) is 59.1 Å². The minimum Gasteiger partial charge on any atom is -0.318 e. The topological polar surface area (TPSA) is 75.3 Å². The summed E-state index contributed by atoms with van der Waals surface area (Å²) in [5.74, 6) is -2.40. The van der Waals surface area contributed by atoms with Gasteiger partial charge in [-0.15, -0.1) is 0 Å². The van der Waals surface area contributed by atoms with Crippen molar-refractivity contribution in [3.8, 4) is 0 Å². The van der Waals surface area contributed by atoms with Crippen molar-refractivity contribution >= 4 is 38.9 Å². The van der Waals surface area contributed by atoms with Crippen LogP contribution in [0.2, 0.25) is 5.02 Å². The van der Waals surface area contributed by atoms with Gasteiger partial charge >= 0.3 is 12.1 Å². The summed E-state index contributed by atoms with van der Waals surface area (Å²) in [5.41, 5.74) is 0.563. The highest BCUT2D eigenvalue weighted by atomic mass is 35.5. The van der Waals surface area contributed by atoms with Crippen LogP contribution in [0, 0.1) is 0 Å². The molecule has 0 heterocycles. The van der Waals surface area contributed by atoms with Gasteiger partial charge in [-0.3, -0.25) is 9.52 Å². The van der Waals surface area contributed by atoms with Crippen LogP contribution in [0.4, 0.5) is 24.5 Å². The Kier molecular flexibility index (Phi) is 5.58. The Bertz CT molecular complexity index is 851. The van der Waals surface area contributed by atoms with E-state index in [4.69, 9.17) is 11.6 Å². The Morgan fingerprint density at radius 3 is 2.00 bits per heavy atom. The van der Waals surface area contributed by atoms with Gasteiger partial charge in [0.1, 0.15) is 0 Å². The number of nitrogens with one attached hydrogen (secondary N) is 2. The molecule has 0 aromatic heterocycles. The number of hydrogen-bond donors (Lipinski definition) is 2. The third-order valence-electron chi connectivity index (χ3n) is 2.94. The van der Waals surface area contributed by atoms with E-state index in [9.17, 15) is 26.4 Å². The summed E-state index contributed by atoms with van der Waals surface area (Å²) in [6.07, 6.45) is -5.00. The van der Waals surface area contributed by atoms with Crippen LogP contribution in [-0.4, -0.2) is 20.5 Å². The standard InChI is InChI=1S/C15H12ClF3N2O3S/c16-11-3-1-10(2-4-11)9-25(23,24)21-13-7-5-12(6-8-13)20-14(22)15(17,18)19/h1-8,21H,9H2,(H,20,22). The minimum absolute atomic E-state index is 0.108. The third-order valence-corrected chi connectivity index (χ3v) is 4.46. The highest BCUT2D eigenvalue weighted by molar-refractivity contribution is 7.91. The predicted molar refractivity (Wildman–Crippen MR) is 88.8 cm³/mol. The van der Waals surface area contributed by atoms with E-state index >= 15 is 0 Å². The maximum Gasteiger partial charge on any atom is 0.471 e. The van der Waals surface area contributed by atoms with E-state index in [-0.39, 0.29) is 17.1 Å². The number of carbonyl (C=O) groups is 1. The normalized spacial score (nSPS) is 11.8. The second kappa shape index (κ2) is 7.32. The van der Waals surface area contributed by atoms with Crippen LogP contribution in [0.3, 0.4) is 0 Å². The lowest BCUT2D eigenvalue weighted by Gasteiger charge is -2.10. The van der Waals surface area contributed by atoms with Crippen LogP contribution in [-0.2, 0) is 20.6 Å². The quantitative estimate of drug-likeness (QED) is 0.813. The first kappa shape index (κ1) is 19.1. The molecule has 10 heteroatoms. The first-order chi connectivity index (χ1) is 11.5. The van der Waals surface area contributed by atoms with Crippen LogP contribution in [0.5, 0.6) is 0 Å². The molecule has 0 atom stereocenters. The second-order valence-electron chi connectivity index (χ2n) is 5.02. The minimum atomic E-state index is -5.00. The average molecular weight is 393 g/mol. The molecule has 0 aliphatic rings. The zero-order valence-electron chi connectivity index (χ0n) is 12.5. The van der Waals surface area contributed by atoms with Crippen molar-refractivity contribution in [2.45, 2.75) is 11.9 Å². The molecule has 2 aromatic carbocycles. The summed E-state index contributed by atoms with van der Waals surface area (Å²) < 4.78 is 62.9. The Morgan fingerprint density at radius 1 is 0.960 bits per heavy atom. The maximum absolute atomic E-state index is 12.2. The predicted octanol–water partition coefficient (Wildman–Crippen LogP) is 3.78. The Morgan fingerprint density at radius 2 is 1.48 bits per heavy atom. The molecule has 0 saturated heterocycles. The van der Waals surface area contributed by atoms with Crippen LogP contribution < -0.4 is 10.0 Å². The highest BCUT2D eigenvalue weighted by Crippen LogP contribution is 2.20. The number of amides is 1. The number of sulfonamides is 1. The van der Waals surface area contributed by atoms with Crippen molar-refractivity contribution < 1.29 is 26.4 Å². The van der Waals surface area contributed by atoms with Gasteiger partial charge in [0, 0.05) is 16.4 Å². The van der Waals surface area contributed by atoms with E-state index in [0.29, 0.717) is 10.6 Å². The number of halogens is 4. The smallest absolute Gasteiger partial charge is 0.318 e. The number of rotatable bonds is 5. The highest BCUT2D eigenvalue weighted by Gasteiger charge is 2.38. The van der Waals surface area contributed by atoms with Crippen molar-refractivity contribution in [3.63, 3.8) is 0 Å². The lowest BCUT2D eigenvalue weighted by Crippen LogP contribution is -2.29. The van der Waals surface area contributed by atoms with E-state index in [2.05, 4.69) is 4.72 Å². The Labute approximate surface area is 146 Å². The molecular formula is C15H12ClF3N2O3S. The number of carbonyl (C=O) groups excluding carboxylic acids is 1. The van der Waals surface area contributed by atoms with Crippen molar-refractivity contribution in [2.75, 3.05) is 10.0 Å². The molecule has 5 nitrogen and oxygen atoms in total. The number of alkyl halides is 3. The van der Waals surface area contributed by atoms with E-state index in [1.54, 1.807) is 29.6 Å². The zero-order valence-corrected chi connectivity index (χ0v) is 14.0. The van der Waals surface area contributed by atoms with Crippen LogP contribution in [0.1, 0.15) is 5.56 Å². The number of benzene rings is 2. The van der Waals surface area contributed by atoms with Gasteiger partial charge in [0.2, 0.25) is 10.0 Å². The van der Waals surface area contributed by atoms with E-state index < -0.39 is 22.1 Å². The van der Waals surface area contributed by atoms with Crippen LogP contribution in [0.25, 0.3) is 0 Å². The van der Waals surface area contributed by atoms with Crippen LogP contribution >= 0.6 is 11.6 Å². The van der Waals surface area contributed by atoms with Crippen molar-refractivity contribution in [1.29, 1.82) is 0 Å². The van der Waals surface area contributed by atoms with Gasteiger partial charge in [0.05, 0.1) is 5.75 Å². The molecule has 0 saturated carbocycles. The molecule has 0 radical (unpaired) electrons. The fourth-order valence-corrected chi connectivity index (χ4v) is 3.16. The molecular weight excluding hydrogens is 381 g/mol. The lowest BCUT2D eigenvalue weighted by molar-refractivity contribution is -0.167. The molecule has 0 unspecified atom stereocenters. The number of anilines is 2. The van der Waals surface area contributed by atoms with Crippen molar-refractivity contribution in [2.24, 2.45) is 0 Å². The van der Waals surface area contributed by atoms with Crippen molar-refractivity contribution in [1.82, 2.24) is 0 Å². The molecule has 2 N–H and O–H groups in total. The summed E-state index contributed by atoms with van der Waals surface area (Å²) in [4.78, 5) is 10.8. The maximum atomic E-state index is 12.2. The number of hydrogen-bond acceptors (Lipinski definition) is 3. The molecule has 1 amide bonds. The summed E-state index contributed by atoms with van der Waals surface area (Å²) in [7, 11) is -3.72. The average Bonchev–Trinajstić information content (AvgIpc) is 2.50. The monoisotopic (exact) mass is 392 g/mol. The van der Waals surface area contributed by atoms with Gasteiger partial charge < -0.3 is 5.32 Å². The summed E-state index contributed by atoms with van der Waals surface area (Å²) in [6, 6.07) is 11.0. The van der Waals surface area contributed by atoms with E-state index in [1.165, 1.54) is 12.1 Å². The summed E-state index contributed by atoms with van der Waals surface area (Å²) in [5, 5.41) is 2.14. The lowest BCUT2D eigenvalue weighted by atomic mass is 10.2. The van der Waals surface area contributed by atoms with Gasteiger partial charge in [-0.25, -0.2) is 8.42 Å².